The summed E-state index contributed by atoms with van der Waals surface area (Å²) in [6.45, 7) is 13.0. The summed E-state index contributed by atoms with van der Waals surface area (Å²) in [6.07, 6.45) is 0.668. The summed E-state index contributed by atoms with van der Waals surface area (Å²) in [5, 5.41) is 2.97. The number of carbonyl (C=O) groups excluding carboxylic acids is 1. The van der Waals surface area contributed by atoms with Crippen LogP contribution in [-0.4, -0.2) is 31.6 Å². The van der Waals surface area contributed by atoms with E-state index < -0.39 is 26.3 Å². The van der Waals surface area contributed by atoms with Gasteiger partial charge in [-0.2, -0.15) is 0 Å². The van der Waals surface area contributed by atoms with Crippen LogP contribution >= 0.6 is 27.7 Å². The van der Waals surface area contributed by atoms with Crippen LogP contribution in [0.1, 0.15) is 53.3 Å². The first-order valence-electron chi connectivity index (χ1n) is 11.0. The lowest BCUT2D eigenvalue weighted by Gasteiger charge is -2.45. The second-order valence-electron chi connectivity index (χ2n) is 8.87. The molecule has 0 amide bonds. The van der Waals surface area contributed by atoms with Crippen LogP contribution in [0, 0.1) is 5.82 Å². The molecule has 0 spiro atoms. The Morgan fingerprint density at radius 1 is 1.06 bits per heavy atom. The molecule has 0 saturated carbocycles. The van der Waals surface area contributed by atoms with Crippen molar-refractivity contribution in [1.82, 2.24) is 10.3 Å². The summed E-state index contributed by atoms with van der Waals surface area (Å²) in [7, 11) is -0.722. The fourth-order valence-electron chi connectivity index (χ4n) is 4.62. The number of nitrogens with one attached hydrogen (secondary N) is 1. The summed E-state index contributed by atoms with van der Waals surface area (Å²) in [5.41, 5.74) is 1.04. The first-order chi connectivity index (χ1) is 15.0. The zero-order valence-electron chi connectivity index (χ0n) is 19.9. The number of pyridine rings is 1. The van der Waals surface area contributed by atoms with Crippen LogP contribution in [0.2, 0.25) is 16.6 Å². The molecular weight excluding hydrogens is 507 g/mol. The zero-order chi connectivity index (χ0) is 24.1. The molecule has 2 rings (SSSR count). The van der Waals surface area contributed by atoms with E-state index in [0.29, 0.717) is 0 Å². The van der Waals surface area contributed by atoms with Crippen molar-refractivity contribution < 1.29 is 13.6 Å². The summed E-state index contributed by atoms with van der Waals surface area (Å²) in [5.74, 6) is -0.451. The molecule has 0 unspecified atom stereocenters. The molecule has 0 aliphatic carbocycles. The molecule has 0 aliphatic heterocycles. The minimum Gasteiger partial charge on any atom is -0.403 e. The Bertz CT molecular complexity index is 874. The number of likely N-dealkylation sites (N-methyl/N-ethyl adjacent to an activating group) is 1. The van der Waals surface area contributed by atoms with Crippen molar-refractivity contribution in [3.05, 3.63) is 58.6 Å². The molecule has 4 nitrogen and oxygen atoms in total. The van der Waals surface area contributed by atoms with Crippen molar-refractivity contribution in [3.63, 3.8) is 0 Å². The third-order valence-electron chi connectivity index (χ3n) is 6.00. The summed E-state index contributed by atoms with van der Waals surface area (Å²) in [6, 6.07) is 9.79. The molecule has 1 aromatic carbocycles. The topological polar surface area (TPSA) is 51.2 Å². The molecule has 8 heteroatoms. The van der Waals surface area contributed by atoms with E-state index in [-0.39, 0.29) is 27.4 Å². The highest BCUT2D eigenvalue weighted by atomic mass is 79.9. The molecule has 32 heavy (non-hydrogen) atoms. The van der Waals surface area contributed by atoms with E-state index >= 15 is 0 Å². The van der Waals surface area contributed by atoms with Gasteiger partial charge in [-0.05, 0) is 71.8 Å². The average molecular weight is 542 g/mol. The molecule has 176 valence electrons. The molecule has 1 heterocycles. The lowest BCUT2D eigenvalue weighted by atomic mass is 10.1. The van der Waals surface area contributed by atoms with Crippen molar-refractivity contribution in [2.24, 2.45) is 0 Å². The molecule has 0 bridgehead atoms. The molecule has 0 fully saturated rings. The highest BCUT2D eigenvalue weighted by Gasteiger charge is 2.49. The standard InChI is InChI=1S/C24H34BrFN2O2SSi/c1-15(2)32(16(3)4,17(5)6)30-23(22(27-7)21-20(26)9-8-14-28-21)24(29)31-19-12-10-18(25)11-13-19/h8-17,22-23,27H,1-7H3/t22-,23+/m0/s1. The van der Waals surface area contributed by atoms with E-state index in [1.165, 1.54) is 6.07 Å². The third-order valence-corrected chi connectivity index (χ3v) is 13.5. The van der Waals surface area contributed by atoms with E-state index in [1.807, 2.05) is 24.3 Å². The van der Waals surface area contributed by atoms with Gasteiger partial charge < -0.3 is 9.74 Å². The highest BCUT2D eigenvalue weighted by molar-refractivity contribution is 9.10. The number of halogens is 2. The molecule has 2 atom stereocenters. The SMILES string of the molecule is CN[C@@H](c1ncccc1F)[C@@H](O[Si](C(C)C)(C(C)C)C(C)C)C(=O)Sc1ccc(Br)cc1. The Kier molecular flexibility index (Phi) is 10.1. The lowest BCUT2D eigenvalue weighted by Crippen LogP contribution is -2.54. The van der Waals surface area contributed by atoms with Gasteiger partial charge >= 0.3 is 0 Å². The minimum absolute atomic E-state index is 0.157. The van der Waals surface area contributed by atoms with Gasteiger partial charge in [0, 0.05) is 15.6 Å². The fraction of sp³-hybridized carbons (Fsp3) is 0.500. The quantitative estimate of drug-likeness (QED) is 0.256. The molecule has 1 N–H and O–H groups in total. The van der Waals surface area contributed by atoms with E-state index in [2.05, 4.69) is 67.8 Å². The number of thioether (sulfide) groups is 1. The van der Waals surface area contributed by atoms with Gasteiger partial charge in [0.25, 0.3) is 0 Å². The monoisotopic (exact) mass is 540 g/mol. The maximum absolute atomic E-state index is 14.8. The number of carbonyl (C=O) groups is 1. The van der Waals surface area contributed by atoms with Crippen LogP contribution in [-0.2, 0) is 9.22 Å². The summed E-state index contributed by atoms with van der Waals surface area (Å²) < 4.78 is 22.6. The van der Waals surface area contributed by atoms with Gasteiger partial charge in [-0.3, -0.25) is 9.78 Å². The van der Waals surface area contributed by atoms with Crippen LogP contribution < -0.4 is 5.32 Å². The Morgan fingerprint density at radius 2 is 1.62 bits per heavy atom. The molecular formula is C24H34BrFN2O2SSi. The van der Waals surface area contributed by atoms with Gasteiger partial charge in [-0.25, -0.2) is 4.39 Å². The number of nitrogens with zero attached hydrogens (tertiary/aromatic N) is 1. The van der Waals surface area contributed by atoms with E-state index in [1.54, 1.807) is 19.3 Å². The van der Waals surface area contributed by atoms with E-state index in [0.717, 1.165) is 21.1 Å². The van der Waals surface area contributed by atoms with Gasteiger partial charge in [0.05, 0.1) is 11.7 Å². The van der Waals surface area contributed by atoms with Crippen molar-refractivity contribution in [2.75, 3.05) is 7.05 Å². The molecule has 0 aliphatic rings. The number of benzene rings is 1. The predicted molar refractivity (Wildman–Crippen MR) is 137 cm³/mol. The molecule has 1 aromatic heterocycles. The number of rotatable bonds is 10. The van der Waals surface area contributed by atoms with Crippen molar-refractivity contribution in [2.45, 2.75) is 75.2 Å². The number of hydrogen-bond donors (Lipinski definition) is 1. The first-order valence-corrected chi connectivity index (χ1v) is 14.7. The number of aromatic nitrogens is 1. The Balaban J connectivity index is 2.55. The largest absolute Gasteiger partial charge is 0.403 e. The fourth-order valence-corrected chi connectivity index (χ4v) is 11.3. The van der Waals surface area contributed by atoms with Crippen molar-refractivity contribution in [3.8, 4) is 0 Å². The molecule has 0 saturated heterocycles. The van der Waals surface area contributed by atoms with Crippen molar-refractivity contribution >= 4 is 41.1 Å². The van der Waals surface area contributed by atoms with Crippen LogP contribution in [0.4, 0.5) is 4.39 Å². The lowest BCUT2D eigenvalue weighted by molar-refractivity contribution is -0.119. The van der Waals surface area contributed by atoms with Crippen LogP contribution in [0.5, 0.6) is 0 Å². The Morgan fingerprint density at radius 3 is 2.09 bits per heavy atom. The Labute approximate surface area is 205 Å². The van der Waals surface area contributed by atoms with Gasteiger partial charge in [0.15, 0.2) is 0 Å². The van der Waals surface area contributed by atoms with Crippen LogP contribution in [0.25, 0.3) is 0 Å². The van der Waals surface area contributed by atoms with Crippen LogP contribution in [0.15, 0.2) is 52.0 Å². The molecule has 2 aromatic rings. The average Bonchev–Trinajstić information content (AvgIpc) is 2.72. The predicted octanol–water partition coefficient (Wildman–Crippen LogP) is 7.12. The first kappa shape index (κ1) is 27.2. The number of hydrogen-bond acceptors (Lipinski definition) is 5. The second-order valence-corrected chi connectivity index (χ2v) is 16.3. The maximum Gasteiger partial charge on any atom is 0.223 e. The minimum atomic E-state index is -2.44. The normalized spacial score (nSPS) is 14.2. The third kappa shape index (κ3) is 6.08. The van der Waals surface area contributed by atoms with Gasteiger partial charge in [0.2, 0.25) is 13.4 Å². The Hall–Kier alpha value is -1.06. The highest BCUT2D eigenvalue weighted by Crippen LogP contribution is 2.45. The van der Waals surface area contributed by atoms with Crippen LogP contribution in [0.3, 0.4) is 0 Å². The summed E-state index contributed by atoms with van der Waals surface area (Å²) in [4.78, 5) is 18.8. The maximum atomic E-state index is 14.8. The van der Waals surface area contributed by atoms with Crippen molar-refractivity contribution in [1.29, 1.82) is 0 Å². The molecule has 0 radical (unpaired) electrons. The van der Waals surface area contributed by atoms with Gasteiger partial charge in [-0.1, -0.05) is 57.5 Å². The summed E-state index contributed by atoms with van der Waals surface area (Å²) >= 11 is 4.56. The van der Waals surface area contributed by atoms with E-state index in [4.69, 9.17) is 4.43 Å². The zero-order valence-corrected chi connectivity index (χ0v) is 23.3. The second kappa shape index (κ2) is 11.9. The van der Waals surface area contributed by atoms with E-state index in [9.17, 15) is 9.18 Å². The van der Waals surface area contributed by atoms with Gasteiger partial charge in [-0.15, -0.1) is 0 Å². The smallest absolute Gasteiger partial charge is 0.223 e. The van der Waals surface area contributed by atoms with Gasteiger partial charge in [0.1, 0.15) is 11.9 Å².